The highest BCUT2D eigenvalue weighted by Crippen LogP contribution is 2.26. The molecule has 3 aromatic carbocycles. The predicted octanol–water partition coefficient (Wildman–Crippen LogP) is 5.94. The fraction of sp³-hybridized carbons (Fsp3) is 0.300. The number of hydrogen-bond acceptors (Lipinski definition) is 5. The van der Waals surface area contributed by atoms with Gasteiger partial charge < -0.3 is 20.1 Å². The van der Waals surface area contributed by atoms with E-state index in [1.807, 2.05) is 62.4 Å². The van der Waals surface area contributed by atoms with Crippen LogP contribution in [-0.2, 0) is 16.1 Å². The molecule has 0 radical (unpaired) electrons. The molecule has 200 valence electrons. The largest absolute Gasteiger partial charge is 0.493 e. The zero-order valence-electron chi connectivity index (χ0n) is 22.5. The van der Waals surface area contributed by atoms with Crippen LogP contribution in [0.5, 0.6) is 5.75 Å². The Balaban J connectivity index is 1.71. The fourth-order valence-corrected chi connectivity index (χ4v) is 3.64. The Bertz CT molecular complexity index is 1260. The maximum Gasteiger partial charge on any atom is 0.414 e. The van der Waals surface area contributed by atoms with E-state index in [-0.39, 0.29) is 30.4 Å². The summed E-state index contributed by atoms with van der Waals surface area (Å²) in [5.41, 5.74) is 3.18. The third-order valence-corrected chi connectivity index (χ3v) is 5.90. The third-order valence-electron chi connectivity index (χ3n) is 5.90. The van der Waals surface area contributed by atoms with Gasteiger partial charge in [0.15, 0.2) is 0 Å². The summed E-state index contributed by atoms with van der Waals surface area (Å²) in [5.74, 6) is -0.256. The molecule has 8 heteroatoms. The van der Waals surface area contributed by atoms with Gasteiger partial charge in [0.2, 0.25) is 5.91 Å². The molecule has 0 aliphatic carbocycles. The van der Waals surface area contributed by atoms with Crippen LogP contribution < -0.4 is 20.3 Å². The van der Waals surface area contributed by atoms with Gasteiger partial charge in [-0.25, -0.2) is 4.79 Å². The van der Waals surface area contributed by atoms with Crippen molar-refractivity contribution in [3.05, 3.63) is 89.5 Å². The third kappa shape index (κ3) is 7.59. The lowest BCUT2D eigenvalue weighted by molar-refractivity contribution is -0.118. The van der Waals surface area contributed by atoms with Crippen LogP contribution in [0, 0.1) is 5.92 Å². The van der Waals surface area contributed by atoms with Gasteiger partial charge in [-0.1, -0.05) is 56.3 Å². The smallest absolute Gasteiger partial charge is 0.414 e. The lowest BCUT2D eigenvalue weighted by Crippen LogP contribution is -2.29. The Morgan fingerprint density at radius 1 is 0.921 bits per heavy atom. The second kappa shape index (κ2) is 13.3. The van der Waals surface area contributed by atoms with Crippen LogP contribution in [0.25, 0.3) is 0 Å². The van der Waals surface area contributed by atoms with Crippen molar-refractivity contribution >= 4 is 29.3 Å². The van der Waals surface area contributed by atoms with Gasteiger partial charge in [-0.15, -0.1) is 0 Å². The Kier molecular flexibility index (Phi) is 9.87. The minimum Gasteiger partial charge on any atom is -0.493 e. The van der Waals surface area contributed by atoms with Crippen molar-refractivity contribution in [1.82, 2.24) is 5.32 Å². The molecule has 0 aliphatic heterocycles. The molecule has 1 atom stereocenters. The van der Waals surface area contributed by atoms with Gasteiger partial charge in [-0.05, 0) is 55.3 Å². The zero-order chi connectivity index (χ0) is 27.7. The lowest BCUT2D eigenvalue weighted by atomic mass is 10.1. The van der Waals surface area contributed by atoms with E-state index in [9.17, 15) is 14.4 Å². The van der Waals surface area contributed by atoms with Crippen LogP contribution in [0.3, 0.4) is 0 Å². The van der Waals surface area contributed by atoms with Crippen molar-refractivity contribution in [2.75, 3.05) is 23.9 Å². The maximum atomic E-state index is 13.3. The standard InChI is InChI=1S/C30H35N3O5/c1-6-37-27-16-15-24(32-28(34)20(2)3)18-26(27)29(35)31-21(4)23-13-10-14-25(17-23)33(5)30(36)38-19-22-11-8-7-9-12-22/h7-18,20-21H,6,19H2,1-5H3,(H,31,35)(H,32,34). The average molecular weight is 518 g/mol. The average Bonchev–Trinajstić information content (AvgIpc) is 2.92. The van der Waals surface area contributed by atoms with Gasteiger partial charge in [-0.2, -0.15) is 0 Å². The molecule has 1 unspecified atom stereocenters. The fourth-order valence-electron chi connectivity index (χ4n) is 3.64. The molecule has 0 saturated carbocycles. The quantitative estimate of drug-likeness (QED) is 0.347. The van der Waals surface area contributed by atoms with Crippen molar-refractivity contribution < 1.29 is 23.9 Å². The molecule has 3 aromatic rings. The second-order valence-corrected chi connectivity index (χ2v) is 9.18. The maximum absolute atomic E-state index is 13.3. The summed E-state index contributed by atoms with van der Waals surface area (Å²) < 4.78 is 11.1. The molecule has 0 bridgehead atoms. The summed E-state index contributed by atoms with van der Waals surface area (Å²) in [6, 6.07) is 21.4. The van der Waals surface area contributed by atoms with Crippen LogP contribution in [0.2, 0.25) is 0 Å². The molecular weight excluding hydrogens is 482 g/mol. The first-order valence-electron chi connectivity index (χ1n) is 12.6. The van der Waals surface area contributed by atoms with Crippen molar-refractivity contribution in [3.63, 3.8) is 0 Å². The van der Waals surface area contributed by atoms with E-state index in [0.29, 0.717) is 29.3 Å². The molecule has 38 heavy (non-hydrogen) atoms. The highest BCUT2D eigenvalue weighted by atomic mass is 16.6. The molecule has 0 saturated heterocycles. The van der Waals surface area contributed by atoms with Crippen LogP contribution in [0.15, 0.2) is 72.8 Å². The first-order valence-corrected chi connectivity index (χ1v) is 12.6. The molecule has 0 heterocycles. The van der Waals surface area contributed by atoms with E-state index in [1.54, 1.807) is 45.2 Å². The van der Waals surface area contributed by atoms with E-state index in [1.165, 1.54) is 4.90 Å². The first-order chi connectivity index (χ1) is 18.2. The number of nitrogens with zero attached hydrogens (tertiary/aromatic N) is 1. The van der Waals surface area contributed by atoms with Gasteiger partial charge >= 0.3 is 6.09 Å². The number of nitrogens with one attached hydrogen (secondary N) is 2. The second-order valence-electron chi connectivity index (χ2n) is 9.18. The monoisotopic (exact) mass is 517 g/mol. The summed E-state index contributed by atoms with van der Waals surface area (Å²) in [5, 5.41) is 5.81. The lowest BCUT2D eigenvalue weighted by Gasteiger charge is -2.21. The number of ether oxygens (including phenoxy) is 2. The number of hydrogen-bond donors (Lipinski definition) is 2. The van der Waals surface area contributed by atoms with Gasteiger partial charge in [0.25, 0.3) is 5.91 Å². The van der Waals surface area contributed by atoms with Gasteiger partial charge in [-0.3, -0.25) is 14.5 Å². The van der Waals surface area contributed by atoms with Crippen molar-refractivity contribution in [3.8, 4) is 5.75 Å². The molecule has 3 amide bonds. The molecule has 8 nitrogen and oxygen atoms in total. The van der Waals surface area contributed by atoms with Crippen LogP contribution in [-0.4, -0.2) is 31.6 Å². The molecule has 0 spiro atoms. The number of benzene rings is 3. The van der Waals surface area contributed by atoms with Gasteiger partial charge in [0.05, 0.1) is 18.2 Å². The van der Waals surface area contributed by atoms with Crippen LogP contribution in [0.4, 0.5) is 16.2 Å². The van der Waals surface area contributed by atoms with E-state index in [0.717, 1.165) is 11.1 Å². The van der Waals surface area contributed by atoms with Gasteiger partial charge in [0.1, 0.15) is 12.4 Å². The van der Waals surface area contributed by atoms with E-state index >= 15 is 0 Å². The van der Waals surface area contributed by atoms with Crippen molar-refractivity contribution in [2.24, 2.45) is 5.92 Å². The molecule has 3 rings (SSSR count). The highest BCUT2D eigenvalue weighted by molar-refractivity contribution is 6.00. The van der Waals surface area contributed by atoms with Crippen molar-refractivity contribution in [1.29, 1.82) is 0 Å². The minimum atomic E-state index is -0.482. The van der Waals surface area contributed by atoms with E-state index in [4.69, 9.17) is 9.47 Å². The zero-order valence-corrected chi connectivity index (χ0v) is 22.5. The predicted molar refractivity (Wildman–Crippen MR) is 148 cm³/mol. The van der Waals surface area contributed by atoms with Crippen LogP contribution in [0.1, 0.15) is 55.2 Å². The summed E-state index contributed by atoms with van der Waals surface area (Å²) >= 11 is 0. The summed E-state index contributed by atoms with van der Waals surface area (Å²) in [7, 11) is 1.64. The molecule has 0 aliphatic rings. The topological polar surface area (TPSA) is 97.0 Å². The first kappa shape index (κ1) is 28.2. The van der Waals surface area contributed by atoms with Crippen LogP contribution >= 0.6 is 0 Å². The summed E-state index contributed by atoms with van der Waals surface area (Å²) in [6.07, 6.45) is -0.482. The number of anilines is 2. The minimum absolute atomic E-state index is 0.142. The van der Waals surface area contributed by atoms with E-state index < -0.39 is 6.09 Å². The Morgan fingerprint density at radius 2 is 1.66 bits per heavy atom. The number of amides is 3. The Labute approximate surface area is 223 Å². The molecule has 0 aromatic heterocycles. The molecule has 2 N–H and O–H groups in total. The van der Waals surface area contributed by atoms with Gasteiger partial charge in [0, 0.05) is 24.3 Å². The number of carbonyl (C=O) groups is 3. The Hall–Kier alpha value is -4.33. The molecule has 0 fully saturated rings. The number of rotatable bonds is 10. The summed E-state index contributed by atoms with van der Waals surface area (Å²) in [4.78, 5) is 39.4. The Morgan fingerprint density at radius 3 is 2.34 bits per heavy atom. The number of carbonyl (C=O) groups excluding carboxylic acids is 3. The van der Waals surface area contributed by atoms with Crippen molar-refractivity contribution in [2.45, 2.75) is 40.3 Å². The summed E-state index contributed by atoms with van der Waals surface area (Å²) in [6.45, 7) is 7.86. The molecular formula is C30H35N3O5. The van der Waals surface area contributed by atoms with E-state index in [2.05, 4.69) is 10.6 Å². The highest BCUT2D eigenvalue weighted by Gasteiger charge is 2.19. The normalized spacial score (nSPS) is 11.4. The SMILES string of the molecule is CCOc1ccc(NC(=O)C(C)C)cc1C(=O)NC(C)c1cccc(N(C)C(=O)OCc2ccccc2)c1.